The highest BCUT2D eigenvalue weighted by atomic mass is 19.1. The van der Waals surface area contributed by atoms with Gasteiger partial charge >= 0.3 is 0 Å². The number of benzene rings is 2. The Bertz CT molecular complexity index is 1130. The minimum absolute atomic E-state index is 0.00205. The summed E-state index contributed by atoms with van der Waals surface area (Å²) >= 11 is 0. The summed E-state index contributed by atoms with van der Waals surface area (Å²) in [6.07, 6.45) is 5.20. The fourth-order valence-electron chi connectivity index (χ4n) is 4.01. The fraction of sp³-hybridized carbons (Fsp3) is 0.273. The van der Waals surface area contributed by atoms with Crippen molar-refractivity contribution in [2.45, 2.75) is 31.6 Å². The lowest BCUT2D eigenvalue weighted by Crippen LogP contribution is -2.48. The molecule has 2 amide bonds. The summed E-state index contributed by atoms with van der Waals surface area (Å²) in [6, 6.07) is 7.55. The molecule has 3 aliphatic rings. The van der Waals surface area contributed by atoms with Gasteiger partial charge in [0.1, 0.15) is 5.75 Å². The predicted molar refractivity (Wildman–Crippen MR) is 103 cm³/mol. The maximum atomic E-state index is 15.0. The minimum Gasteiger partial charge on any atom is -0.475 e. The largest absolute Gasteiger partial charge is 0.475 e. The zero-order valence-electron chi connectivity index (χ0n) is 15.6. The Morgan fingerprint density at radius 3 is 2.72 bits per heavy atom. The van der Waals surface area contributed by atoms with E-state index in [2.05, 4.69) is 5.92 Å². The summed E-state index contributed by atoms with van der Waals surface area (Å²) in [6.45, 7) is 1.84. The lowest BCUT2D eigenvalue weighted by molar-refractivity contribution is -0.128. The standard InChI is InChI=1S/C22H17FN2O4/c1-3-8-24-17-11-16(15(23)10-18(17)29-22(6-7-22)21(24)28)25-19(26)13-5-4-12(2)9-14(13)20(25)27/h1,4-5,9-11,20,27H,6-8H2,2H3. The zero-order valence-corrected chi connectivity index (χ0v) is 15.6. The van der Waals surface area contributed by atoms with Crippen LogP contribution in [0, 0.1) is 25.1 Å². The number of carbonyl (C=O) groups excluding carboxylic acids is 2. The number of anilines is 2. The molecule has 0 radical (unpaired) electrons. The van der Waals surface area contributed by atoms with Crippen LogP contribution in [0.15, 0.2) is 30.3 Å². The highest BCUT2D eigenvalue weighted by Gasteiger charge is 2.58. The number of fused-ring (bicyclic) bond motifs is 2. The third-order valence-electron chi connectivity index (χ3n) is 5.65. The Labute approximate surface area is 166 Å². The van der Waals surface area contributed by atoms with Gasteiger partial charge in [-0.15, -0.1) is 6.42 Å². The molecule has 2 heterocycles. The van der Waals surface area contributed by atoms with Gasteiger partial charge in [-0.1, -0.05) is 23.6 Å². The van der Waals surface area contributed by atoms with Crippen molar-refractivity contribution in [3.8, 4) is 18.1 Å². The Morgan fingerprint density at radius 1 is 1.28 bits per heavy atom. The second-order valence-corrected chi connectivity index (χ2v) is 7.60. The number of carbonyl (C=O) groups is 2. The van der Waals surface area contributed by atoms with E-state index in [-0.39, 0.29) is 29.6 Å². The Balaban J connectivity index is 1.62. The van der Waals surface area contributed by atoms with Gasteiger partial charge in [-0.25, -0.2) is 4.39 Å². The normalized spacial score (nSPS) is 21.0. The summed E-state index contributed by atoms with van der Waals surface area (Å²) < 4.78 is 20.8. The molecule has 1 N–H and O–H groups in total. The predicted octanol–water partition coefficient (Wildman–Crippen LogP) is 2.68. The van der Waals surface area contributed by atoms with Gasteiger partial charge in [0.15, 0.2) is 17.6 Å². The molecule has 1 spiro atoms. The van der Waals surface area contributed by atoms with Gasteiger partial charge in [-0.3, -0.25) is 19.4 Å². The molecule has 29 heavy (non-hydrogen) atoms. The molecular weight excluding hydrogens is 375 g/mol. The monoisotopic (exact) mass is 392 g/mol. The van der Waals surface area contributed by atoms with Crippen molar-refractivity contribution in [2.24, 2.45) is 0 Å². The molecule has 0 saturated heterocycles. The smallest absolute Gasteiger partial charge is 0.272 e. The van der Waals surface area contributed by atoms with E-state index in [9.17, 15) is 14.7 Å². The van der Waals surface area contributed by atoms with Crippen molar-refractivity contribution in [1.82, 2.24) is 0 Å². The average Bonchev–Trinajstić information content (AvgIpc) is 3.42. The quantitative estimate of drug-likeness (QED) is 0.798. The number of ether oxygens (including phenoxy) is 1. The van der Waals surface area contributed by atoms with Gasteiger partial charge < -0.3 is 9.84 Å². The van der Waals surface area contributed by atoms with Crippen LogP contribution >= 0.6 is 0 Å². The molecule has 7 heteroatoms. The molecule has 0 bridgehead atoms. The van der Waals surface area contributed by atoms with E-state index in [0.29, 0.717) is 24.0 Å². The molecule has 1 unspecified atom stereocenters. The number of hydrogen-bond donors (Lipinski definition) is 1. The van der Waals surface area contributed by atoms with Gasteiger partial charge in [0.2, 0.25) is 0 Å². The van der Waals surface area contributed by atoms with Crippen LogP contribution in [0.2, 0.25) is 0 Å². The Hall–Kier alpha value is -3.37. The number of terminal acetylenes is 1. The van der Waals surface area contributed by atoms with Crippen molar-refractivity contribution in [1.29, 1.82) is 0 Å². The molecule has 0 aromatic heterocycles. The van der Waals surface area contributed by atoms with Crippen LogP contribution < -0.4 is 14.5 Å². The van der Waals surface area contributed by atoms with Gasteiger partial charge in [-0.2, -0.15) is 0 Å². The molecule has 5 rings (SSSR count). The first-order valence-corrected chi connectivity index (χ1v) is 9.26. The summed E-state index contributed by atoms with van der Waals surface area (Å²) in [4.78, 5) is 28.0. The van der Waals surface area contributed by atoms with Crippen LogP contribution in [-0.2, 0) is 4.79 Å². The number of hydrogen-bond acceptors (Lipinski definition) is 4. The van der Waals surface area contributed by atoms with E-state index >= 15 is 4.39 Å². The number of aryl methyl sites for hydroxylation is 1. The summed E-state index contributed by atoms with van der Waals surface area (Å²) in [5, 5.41) is 10.7. The molecule has 6 nitrogen and oxygen atoms in total. The number of aliphatic hydroxyl groups excluding tert-OH is 1. The van der Waals surface area contributed by atoms with Gasteiger partial charge in [0, 0.05) is 30.0 Å². The zero-order chi connectivity index (χ0) is 20.5. The number of nitrogens with zero attached hydrogens (tertiary/aromatic N) is 2. The second-order valence-electron chi connectivity index (χ2n) is 7.60. The molecule has 146 valence electrons. The summed E-state index contributed by atoms with van der Waals surface area (Å²) in [7, 11) is 0. The first kappa shape index (κ1) is 17.7. The molecule has 2 aromatic carbocycles. The third-order valence-corrected chi connectivity index (χ3v) is 5.65. The molecule has 2 aromatic rings. The van der Waals surface area contributed by atoms with Crippen molar-refractivity contribution in [2.75, 3.05) is 16.3 Å². The van der Waals surface area contributed by atoms with E-state index in [1.165, 1.54) is 11.0 Å². The number of halogens is 1. The molecule has 1 saturated carbocycles. The SMILES string of the molecule is C#CCN1C(=O)C2(CC2)Oc2cc(F)c(N3C(=O)c4ccc(C)cc4C3O)cc21. The van der Waals surface area contributed by atoms with Crippen LogP contribution in [0.1, 0.15) is 40.6 Å². The van der Waals surface area contributed by atoms with E-state index < -0.39 is 23.6 Å². The topological polar surface area (TPSA) is 70.1 Å². The third kappa shape index (κ3) is 2.39. The van der Waals surface area contributed by atoms with Crippen molar-refractivity contribution in [3.05, 3.63) is 52.8 Å². The number of aliphatic hydroxyl groups is 1. The lowest BCUT2D eigenvalue weighted by atomic mass is 10.1. The lowest BCUT2D eigenvalue weighted by Gasteiger charge is -2.35. The van der Waals surface area contributed by atoms with Crippen molar-refractivity contribution >= 4 is 23.2 Å². The minimum atomic E-state index is -1.33. The van der Waals surface area contributed by atoms with E-state index in [0.717, 1.165) is 16.5 Å². The van der Waals surface area contributed by atoms with Crippen molar-refractivity contribution in [3.63, 3.8) is 0 Å². The first-order chi connectivity index (χ1) is 13.9. The molecular formula is C22H17FN2O4. The fourth-order valence-corrected chi connectivity index (χ4v) is 4.01. The molecule has 2 aliphatic heterocycles. The highest BCUT2D eigenvalue weighted by Crippen LogP contribution is 2.51. The van der Waals surface area contributed by atoms with Gasteiger partial charge in [0.25, 0.3) is 11.8 Å². The Kier molecular flexibility index (Phi) is 3.55. The van der Waals surface area contributed by atoms with Crippen LogP contribution in [0.4, 0.5) is 15.8 Å². The summed E-state index contributed by atoms with van der Waals surface area (Å²) in [5.41, 5.74) is 0.780. The average molecular weight is 392 g/mol. The highest BCUT2D eigenvalue weighted by molar-refractivity contribution is 6.12. The van der Waals surface area contributed by atoms with Crippen LogP contribution in [0.3, 0.4) is 0 Å². The second kappa shape index (κ2) is 5.82. The maximum absolute atomic E-state index is 15.0. The van der Waals surface area contributed by atoms with Gasteiger partial charge in [0.05, 0.1) is 17.9 Å². The number of rotatable bonds is 2. The number of amides is 2. The van der Waals surface area contributed by atoms with Crippen LogP contribution in [0.25, 0.3) is 0 Å². The van der Waals surface area contributed by atoms with Crippen LogP contribution in [0.5, 0.6) is 5.75 Å². The van der Waals surface area contributed by atoms with E-state index in [1.54, 1.807) is 18.2 Å². The Morgan fingerprint density at radius 2 is 2.03 bits per heavy atom. The first-order valence-electron chi connectivity index (χ1n) is 9.26. The molecule has 1 fully saturated rings. The molecule has 1 atom stereocenters. The van der Waals surface area contributed by atoms with Crippen molar-refractivity contribution < 1.29 is 23.8 Å². The van der Waals surface area contributed by atoms with E-state index in [4.69, 9.17) is 11.2 Å². The summed E-state index contributed by atoms with van der Waals surface area (Å²) in [5.74, 6) is 1.13. The maximum Gasteiger partial charge on any atom is 0.272 e. The molecule has 1 aliphatic carbocycles. The van der Waals surface area contributed by atoms with Crippen LogP contribution in [-0.4, -0.2) is 29.1 Å². The van der Waals surface area contributed by atoms with Gasteiger partial charge in [-0.05, 0) is 19.1 Å². The van der Waals surface area contributed by atoms with E-state index in [1.807, 2.05) is 6.92 Å².